The third-order valence-corrected chi connectivity index (χ3v) is 3.67. The van der Waals surface area contributed by atoms with E-state index in [1.807, 2.05) is 11.4 Å². The molecule has 3 nitrogen and oxygen atoms in total. The molecular formula is C7H4Cl3IN2OS. The van der Waals surface area contributed by atoms with Gasteiger partial charge >= 0.3 is 0 Å². The van der Waals surface area contributed by atoms with E-state index in [0.29, 0.717) is 4.88 Å². The van der Waals surface area contributed by atoms with Gasteiger partial charge in [-0.3, -0.25) is 4.79 Å². The summed E-state index contributed by atoms with van der Waals surface area (Å²) in [5.74, 6) is -0.320. The highest BCUT2D eigenvalue weighted by Crippen LogP contribution is 2.23. The van der Waals surface area contributed by atoms with Gasteiger partial charge in [-0.2, -0.15) is 5.10 Å². The number of amides is 1. The molecule has 1 rings (SSSR count). The Morgan fingerprint density at radius 2 is 2.27 bits per heavy atom. The summed E-state index contributed by atoms with van der Waals surface area (Å²) in [5, 5.41) is 5.34. The van der Waals surface area contributed by atoms with Crippen molar-refractivity contribution in [3.8, 4) is 0 Å². The number of rotatable bonds is 2. The van der Waals surface area contributed by atoms with Crippen LogP contribution in [0.25, 0.3) is 0 Å². The first-order valence-corrected chi connectivity index (χ1v) is 6.63. The summed E-state index contributed by atoms with van der Waals surface area (Å²) in [6.07, 6.45) is 1.02. The molecule has 0 bridgehead atoms. The summed E-state index contributed by atoms with van der Waals surface area (Å²) in [5.41, 5.74) is 2.27. The van der Waals surface area contributed by atoms with E-state index in [-0.39, 0.29) is 5.91 Å². The molecule has 1 aromatic heterocycles. The van der Waals surface area contributed by atoms with Crippen LogP contribution in [0.15, 0.2) is 16.5 Å². The monoisotopic (exact) mass is 396 g/mol. The lowest BCUT2D eigenvalue weighted by molar-refractivity contribution is 0.0958. The van der Waals surface area contributed by atoms with Gasteiger partial charge in [-0.1, -0.05) is 34.8 Å². The van der Waals surface area contributed by atoms with Gasteiger partial charge in [0.2, 0.25) is 3.79 Å². The van der Waals surface area contributed by atoms with Gasteiger partial charge in [0.05, 0.1) is 6.21 Å². The zero-order valence-electron chi connectivity index (χ0n) is 7.01. The topological polar surface area (TPSA) is 41.5 Å². The van der Waals surface area contributed by atoms with E-state index < -0.39 is 3.79 Å². The third kappa shape index (κ3) is 4.86. The molecule has 0 fully saturated rings. The van der Waals surface area contributed by atoms with E-state index in [0.717, 1.165) is 9.78 Å². The number of alkyl halides is 3. The SMILES string of the molecule is O=C(NN=CC(Cl)(Cl)Cl)c1sccc1I. The fourth-order valence-electron chi connectivity index (χ4n) is 0.671. The normalized spacial score (nSPS) is 12.0. The molecule has 1 N–H and O–H groups in total. The zero-order valence-corrected chi connectivity index (χ0v) is 12.2. The van der Waals surface area contributed by atoms with Crippen molar-refractivity contribution in [3.63, 3.8) is 0 Å². The molecule has 0 radical (unpaired) electrons. The average molecular weight is 397 g/mol. The van der Waals surface area contributed by atoms with Gasteiger partial charge in [-0.15, -0.1) is 11.3 Å². The summed E-state index contributed by atoms with van der Waals surface area (Å²) >= 11 is 19.6. The molecule has 0 spiro atoms. The van der Waals surface area contributed by atoms with Crippen LogP contribution in [0.3, 0.4) is 0 Å². The van der Waals surface area contributed by atoms with Gasteiger partial charge in [0.15, 0.2) is 0 Å². The molecule has 1 aromatic rings. The van der Waals surface area contributed by atoms with Crippen LogP contribution in [0.5, 0.6) is 0 Å². The molecule has 0 aromatic carbocycles. The molecule has 82 valence electrons. The number of carbonyl (C=O) groups is 1. The molecule has 1 amide bonds. The maximum absolute atomic E-state index is 11.5. The van der Waals surface area contributed by atoms with Crippen molar-refractivity contribution in [2.45, 2.75) is 3.79 Å². The van der Waals surface area contributed by atoms with Gasteiger partial charge in [0, 0.05) is 3.57 Å². The van der Waals surface area contributed by atoms with Crippen LogP contribution in [-0.4, -0.2) is 15.9 Å². The summed E-state index contributed by atoms with van der Waals surface area (Å²) in [7, 11) is 0. The second kappa shape index (κ2) is 5.67. The lowest BCUT2D eigenvalue weighted by atomic mass is 10.4. The number of hydrazone groups is 1. The smallest absolute Gasteiger partial charge is 0.266 e. The number of thiophene rings is 1. The van der Waals surface area contributed by atoms with Crippen molar-refractivity contribution in [2.24, 2.45) is 5.10 Å². The lowest BCUT2D eigenvalue weighted by Gasteiger charge is -2.02. The summed E-state index contributed by atoms with van der Waals surface area (Å²) in [6, 6.07) is 1.83. The third-order valence-electron chi connectivity index (χ3n) is 1.20. The van der Waals surface area contributed by atoms with Crippen molar-refractivity contribution in [3.05, 3.63) is 19.9 Å². The Morgan fingerprint density at radius 3 is 2.73 bits per heavy atom. The lowest BCUT2D eigenvalue weighted by Crippen LogP contribution is -2.19. The molecule has 0 aliphatic heterocycles. The first-order chi connectivity index (χ1) is 6.90. The number of nitrogens with one attached hydrogen (secondary N) is 1. The molecular weight excluding hydrogens is 393 g/mol. The zero-order chi connectivity index (χ0) is 11.5. The fourth-order valence-corrected chi connectivity index (χ4v) is 2.54. The Morgan fingerprint density at radius 1 is 1.60 bits per heavy atom. The number of halogens is 4. The van der Waals surface area contributed by atoms with Crippen LogP contribution in [0.1, 0.15) is 9.67 Å². The van der Waals surface area contributed by atoms with Crippen LogP contribution in [-0.2, 0) is 0 Å². The molecule has 0 aliphatic carbocycles. The molecule has 8 heteroatoms. The van der Waals surface area contributed by atoms with Gasteiger partial charge in [-0.25, -0.2) is 5.43 Å². The average Bonchev–Trinajstić information content (AvgIpc) is 2.48. The second-order valence-corrected chi connectivity index (χ2v) is 6.79. The van der Waals surface area contributed by atoms with Crippen LogP contribution in [0.2, 0.25) is 0 Å². The molecule has 0 atom stereocenters. The number of hydrogen-bond acceptors (Lipinski definition) is 3. The molecule has 0 unspecified atom stereocenters. The van der Waals surface area contributed by atoms with Crippen molar-refractivity contribution in [2.75, 3.05) is 0 Å². The van der Waals surface area contributed by atoms with Crippen molar-refractivity contribution in [1.29, 1.82) is 0 Å². The predicted molar refractivity (Wildman–Crippen MR) is 73.3 cm³/mol. The highest BCUT2D eigenvalue weighted by molar-refractivity contribution is 14.1. The number of nitrogens with zero attached hydrogens (tertiary/aromatic N) is 1. The first kappa shape index (κ1) is 13.5. The van der Waals surface area contributed by atoms with Crippen molar-refractivity contribution in [1.82, 2.24) is 5.43 Å². The maximum atomic E-state index is 11.5. The molecule has 1 heterocycles. The minimum atomic E-state index is -1.60. The van der Waals surface area contributed by atoms with Gasteiger partial charge in [0.1, 0.15) is 4.88 Å². The first-order valence-electron chi connectivity index (χ1n) is 3.54. The van der Waals surface area contributed by atoms with E-state index in [4.69, 9.17) is 34.8 Å². The van der Waals surface area contributed by atoms with Crippen LogP contribution < -0.4 is 5.43 Å². The van der Waals surface area contributed by atoms with Gasteiger partial charge in [-0.05, 0) is 34.0 Å². The van der Waals surface area contributed by atoms with Crippen LogP contribution >= 0.6 is 68.7 Å². The second-order valence-electron chi connectivity index (χ2n) is 2.34. The van der Waals surface area contributed by atoms with Crippen molar-refractivity contribution < 1.29 is 4.79 Å². The molecule has 15 heavy (non-hydrogen) atoms. The quantitative estimate of drug-likeness (QED) is 0.353. The van der Waals surface area contributed by atoms with Gasteiger partial charge in [0.25, 0.3) is 5.91 Å². The van der Waals surface area contributed by atoms with Crippen LogP contribution in [0.4, 0.5) is 0 Å². The minimum absolute atomic E-state index is 0.320. The highest BCUT2D eigenvalue weighted by atomic mass is 127. The standard InChI is InChI=1S/C7H4Cl3IN2OS/c8-7(9,10)3-12-13-6(14)5-4(11)1-2-15-5/h1-3H,(H,13,14). The Hall–Kier alpha value is 0.440. The largest absolute Gasteiger partial charge is 0.282 e. The minimum Gasteiger partial charge on any atom is -0.266 e. The van der Waals surface area contributed by atoms with Crippen LogP contribution in [0, 0.1) is 3.57 Å². The Balaban J connectivity index is 2.59. The van der Waals surface area contributed by atoms with E-state index in [2.05, 4.69) is 33.1 Å². The Kier molecular flexibility index (Phi) is 5.11. The van der Waals surface area contributed by atoms with E-state index in [1.165, 1.54) is 11.3 Å². The van der Waals surface area contributed by atoms with E-state index in [1.54, 1.807) is 0 Å². The van der Waals surface area contributed by atoms with Crippen molar-refractivity contribution >= 4 is 80.9 Å². The summed E-state index contributed by atoms with van der Waals surface area (Å²) < 4.78 is -0.741. The molecule has 0 saturated heterocycles. The molecule has 0 aliphatic rings. The summed E-state index contributed by atoms with van der Waals surface area (Å²) in [6.45, 7) is 0. The maximum Gasteiger partial charge on any atom is 0.282 e. The Labute approximate surface area is 119 Å². The fraction of sp³-hybridized carbons (Fsp3) is 0.143. The van der Waals surface area contributed by atoms with E-state index in [9.17, 15) is 4.79 Å². The number of carbonyl (C=O) groups excluding carboxylic acids is 1. The van der Waals surface area contributed by atoms with Gasteiger partial charge < -0.3 is 0 Å². The molecule has 0 saturated carbocycles. The Bertz CT molecular complexity index is 388. The summed E-state index contributed by atoms with van der Waals surface area (Å²) in [4.78, 5) is 12.0. The predicted octanol–water partition coefficient (Wildman–Crippen LogP) is 3.44. The number of hydrogen-bond donors (Lipinski definition) is 1. The highest BCUT2D eigenvalue weighted by Gasteiger charge is 2.16. The van der Waals surface area contributed by atoms with E-state index >= 15 is 0 Å².